The fourth-order valence-corrected chi connectivity index (χ4v) is 3.84. The van der Waals surface area contributed by atoms with Gasteiger partial charge in [0.1, 0.15) is 16.5 Å². The van der Waals surface area contributed by atoms with E-state index in [4.69, 9.17) is 14.2 Å². The van der Waals surface area contributed by atoms with Gasteiger partial charge in [-0.05, 0) is 44.0 Å². The SMILES string of the molecule is CCOC(=O)c1c(NC(=O)COc2ccc(OC)cc2C=O)sc(C)c1CC. The number of aldehydes is 1. The Hall–Kier alpha value is -2.87. The molecule has 1 heterocycles. The summed E-state index contributed by atoms with van der Waals surface area (Å²) in [6.45, 7) is 5.50. The molecular formula is C20H23NO6S. The highest BCUT2D eigenvalue weighted by molar-refractivity contribution is 7.16. The summed E-state index contributed by atoms with van der Waals surface area (Å²) in [5, 5.41) is 3.15. The second kappa shape index (κ2) is 9.89. The molecule has 0 aliphatic heterocycles. The Morgan fingerprint density at radius 2 is 2.00 bits per heavy atom. The van der Waals surface area contributed by atoms with Crippen molar-refractivity contribution in [3.8, 4) is 11.5 Å². The number of ether oxygens (including phenoxy) is 3. The zero-order valence-corrected chi connectivity index (χ0v) is 17.1. The van der Waals surface area contributed by atoms with Gasteiger partial charge in [-0.1, -0.05) is 6.92 Å². The van der Waals surface area contributed by atoms with Crippen LogP contribution in [0.5, 0.6) is 11.5 Å². The number of hydrogen-bond donors (Lipinski definition) is 1. The summed E-state index contributed by atoms with van der Waals surface area (Å²) in [7, 11) is 1.49. The van der Waals surface area contributed by atoms with Gasteiger partial charge in [0.25, 0.3) is 5.91 Å². The molecule has 0 atom stereocenters. The molecule has 1 aromatic heterocycles. The second-order valence-electron chi connectivity index (χ2n) is 5.77. The molecule has 1 N–H and O–H groups in total. The molecule has 0 saturated carbocycles. The molecule has 0 aliphatic rings. The van der Waals surface area contributed by atoms with Crippen LogP contribution in [0.2, 0.25) is 0 Å². The number of benzene rings is 1. The van der Waals surface area contributed by atoms with Gasteiger partial charge < -0.3 is 19.5 Å². The maximum absolute atomic E-state index is 12.4. The van der Waals surface area contributed by atoms with Gasteiger partial charge >= 0.3 is 5.97 Å². The third-order valence-electron chi connectivity index (χ3n) is 4.00. The lowest BCUT2D eigenvalue weighted by Crippen LogP contribution is -2.21. The molecule has 7 nitrogen and oxygen atoms in total. The van der Waals surface area contributed by atoms with Crippen molar-refractivity contribution < 1.29 is 28.6 Å². The van der Waals surface area contributed by atoms with E-state index in [0.717, 1.165) is 10.4 Å². The first-order valence-corrected chi connectivity index (χ1v) is 9.61. The lowest BCUT2D eigenvalue weighted by atomic mass is 10.1. The van der Waals surface area contributed by atoms with Crippen LogP contribution in [0.25, 0.3) is 0 Å². The van der Waals surface area contributed by atoms with Crippen LogP contribution in [-0.4, -0.2) is 38.5 Å². The maximum atomic E-state index is 12.4. The first kappa shape index (κ1) is 21.4. The lowest BCUT2D eigenvalue weighted by Gasteiger charge is -2.11. The third-order valence-corrected chi connectivity index (χ3v) is 5.06. The zero-order chi connectivity index (χ0) is 20.7. The van der Waals surface area contributed by atoms with Crippen LogP contribution in [0.3, 0.4) is 0 Å². The Labute approximate surface area is 167 Å². The van der Waals surface area contributed by atoms with Gasteiger partial charge in [-0.25, -0.2) is 4.79 Å². The number of carbonyl (C=O) groups excluding carboxylic acids is 3. The monoisotopic (exact) mass is 405 g/mol. The van der Waals surface area contributed by atoms with Crippen molar-refractivity contribution in [2.75, 3.05) is 25.6 Å². The highest BCUT2D eigenvalue weighted by Crippen LogP contribution is 2.34. The number of carbonyl (C=O) groups is 3. The van der Waals surface area contributed by atoms with Gasteiger partial charge in [0.05, 0.1) is 24.8 Å². The predicted molar refractivity (Wildman–Crippen MR) is 107 cm³/mol. The van der Waals surface area contributed by atoms with Crippen LogP contribution in [0, 0.1) is 6.92 Å². The summed E-state index contributed by atoms with van der Waals surface area (Å²) in [5.41, 5.74) is 1.52. The van der Waals surface area contributed by atoms with E-state index < -0.39 is 11.9 Å². The van der Waals surface area contributed by atoms with Crippen molar-refractivity contribution in [3.05, 3.63) is 39.8 Å². The minimum absolute atomic E-state index is 0.249. The molecule has 0 unspecified atom stereocenters. The summed E-state index contributed by atoms with van der Waals surface area (Å²) < 4.78 is 15.6. The Bertz CT molecular complexity index is 874. The van der Waals surface area contributed by atoms with Crippen LogP contribution in [0.15, 0.2) is 18.2 Å². The van der Waals surface area contributed by atoms with E-state index in [2.05, 4.69) is 5.32 Å². The molecule has 150 valence electrons. The fraction of sp³-hybridized carbons (Fsp3) is 0.350. The van der Waals surface area contributed by atoms with Crippen LogP contribution in [0.4, 0.5) is 5.00 Å². The molecule has 0 bridgehead atoms. The summed E-state index contributed by atoms with van der Waals surface area (Å²) in [6.07, 6.45) is 1.28. The first-order chi connectivity index (χ1) is 13.4. The largest absolute Gasteiger partial charge is 0.497 e. The Balaban J connectivity index is 2.13. The van der Waals surface area contributed by atoms with Crippen molar-refractivity contribution in [3.63, 3.8) is 0 Å². The van der Waals surface area contributed by atoms with Crippen LogP contribution in [-0.2, 0) is 16.0 Å². The van der Waals surface area contributed by atoms with Crippen molar-refractivity contribution in [2.45, 2.75) is 27.2 Å². The topological polar surface area (TPSA) is 90.9 Å². The van der Waals surface area contributed by atoms with Crippen molar-refractivity contribution in [1.29, 1.82) is 0 Å². The van der Waals surface area contributed by atoms with E-state index in [1.54, 1.807) is 19.1 Å². The molecular weight excluding hydrogens is 382 g/mol. The van der Waals surface area contributed by atoms with Gasteiger partial charge in [-0.3, -0.25) is 9.59 Å². The van der Waals surface area contributed by atoms with E-state index in [1.807, 2.05) is 13.8 Å². The average molecular weight is 405 g/mol. The van der Waals surface area contributed by atoms with E-state index in [0.29, 0.717) is 29.0 Å². The molecule has 1 aromatic carbocycles. The average Bonchev–Trinajstić information content (AvgIpc) is 3.01. The molecule has 8 heteroatoms. The number of esters is 1. The maximum Gasteiger partial charge on any atom is 0.341 e. The Morgan fingerprint density at radius 1 is 1.25 bits per heavy atom. The van der Waals surface area contributed by atoms with E-state index in [1.165, 1.54) is 24.5 Å². The molecule has 28 heavy (non-hydrogen) atoms. The minimum Gasteiger partial charge on any atom is -0.497 e. The standard InChI is InChI=1S/C20H23NO6S/c1-5-15-12(3)28-19(18(15)20(24)26-6-2)21-17(23)11-27-16-8-7-14(25-4)9-13(16)10-22/h7-10H,5-6,11H2,1-4H3,(H,21,23). The normalized spacial score (nSPS) is 10.3. The van der Waals surface area contributed by atoms with Crippen molar-refractivity contribution in [1.82, 2.24) is 0 Å². The number of anilines is 1. The van der Waals surface area contributed by atoms with Gasteiger partial charge in [-0.15, -0.1) is 11.3 Å². The summed E-state index contributed by atoms with van der Waals surface area (Å²) in [4.78, 5) is 36.8. The zero-order valence-electron chi connectivity index (χ0n) is 16.3. The van der Waals surface area contributed by atoms with E-state index in [9.17, 15) is 14.4 Å². The molecule has 2 aromatic rings. The minimum atomic E-state index is -0.460. The van der Waals surface area contributed by atoms with Crippen molar-refractivity contribution >= 4 is 34.5 Å². The Morgan fingerprint density at radius 3 is 2.61 bits per heavy atom. The summed E-state index contributed by atoms with van der Waals surface area (Å²) in [6, 6.07) is 4.72. The fourth-order valence-electron chi connectivity index (χ4n) is 2.69. The molecule has 0 aliphatic carbocycles. The molecule has 0 radical (unpaired) electrons. The number of methoxy groups -OCH3 is 1. The predicted octanol–water partition coefficient (Wildman–Crippen LogP) is 3.63. The summed E-state index contributed by atoms with van der Waals surface area (Å²) >= 11 is 1.32. The number of rotatable bonds is 9. The third kappa shape index (κ3) is 4.89. The highest BCUT2D eigenvalue weighted by atomic mass is 32.1. The number of nitrogens with one attached hydrogen (secondary N) is 1. The smallest absolute Gasteiger partial charge is 0.341 e. The molecule has 0 saturated heterocycles. The molecule has 1 amide bonds. The number of aryl methyl sites for hydroxylation is 1. The summed E-state index contributed by atoms with van der Waals surface area (Å²) in [5.74, 6) is -0.118. The molecule has 0 spiro atoms. The number of amides is 1. The van der Waals surface area contributed by atoms with E-state index in [-0.39, 0.29) is 24.5 Å². The van der Waals surface area contributed by atoms with Crippen LogP contribution >= 0.6 is 11.3 Å². The number of hydrogen-bond acceptors (Lipinski definition) is 7. The quantitative estimate of drug-likeness (QED) is 0.506. The van der Waals surface area contributed by atoms with Gasteiger partial charge in [0, 0.05) is 4.88 Å². The second-order valence-corrected chi connectivity index (χ2v) is 7.00. The van der Waals surface area contributed by atoms with Gasteiger partial charge in [0.15, 0.2) is 12.9 Å². The van der Waals surface area contributed by atoms with Gasteiger partial charge in [-0.2, -0.15) is 0 Å². The van der Waals surface area contributed by atoms with Gasteiger partial charge in [0.2, 0.25) is 0 Å². The molecule has 2 rings (SSSR count). The van der Waals surface area contributed by atoms with E-state index >= 15 is 0 Å². The van der Waals surface area contributed by atoms with Crippen LogP contribution in [0.1, 0.15) is 45.0 Å². The molecule has 0 fully saturated rings. The van der Waals surface area contributed by atoms with Crippen molar-refractivity contribution in [2.24, 2.45) is 0 Å². The lowest BCUT2D eigenvalue weighted by molar-refractivity contribution is -0.118. The van der Waals surface area contributed by atoms with Crippen LogP contribution < -0.4 is 14.8 Å². The number of thiophene rings is 1. The highest BCUT2D eigenvalue weighted by Gasteiger charge is 2.23. The first-order valence-electron chi connectivity index (χ1n) is 8.80. The Kier molecular flexibility index (Phi) is 7.57.